The number of likely N-dealkylation sites (tertiary alicyclic amines) is 1. The Bertz CT molecular complexity index is 644. The first-order chi connectivity index (χ1) is 10.2. The van der Waals surface area contributed by atoms with Gasteiger partial charge in [0.15, 0.2) is 0 Å². The monoisotopic (exact) mass is 305 g/mol. The number of aromatic amines is 1. The zero-order valence-electron chi connectivity index (χ0n) is 12.2. The summed E-state index contributed by atoms with van der Waals surface area (Å²) in [5, 5.41) is 4.78. The van der Waals surface area contributed by atoms with E-state index in [9.17, 15) is 4.79 Å². The van der Waals surface area contributed by atoms with Gasteiger partial charge in [-0.25, -0.2) is 4.79 Å². The van der Waals surface area contributed by atoms with Crippen LogP contribution in [0.25, 0.3) is 10.9 Å². The van der Waals surface area contributed by atoms with Crippen LogP contribution in [0.4, 0.5) is 4.79 Å². The third-order valence-electron chi connectivity index (χ3n) is 4.15. The summed E-state index contributed by atoms with van der Waals surface area (Å²) in [6, 6.07) is 8.15. The van der Waals surface area contributed by atoms with Gasteiger partial charge in [-0.1, -0.05) is 11.6 Å². The van der Waals surface area contributed by atoms with Crippen LogP contribution in [0.2, 0.25) is 5.02 Å². The Kier molecular flexibility index (Phi) is 4.06. The van der Waals surface area contributed by atoms with E-state index in [0.717, 1.165) is 41.9 Å². The molecule has 1 aliphatic heterocycles. The summed E-state index contributed by atoms with van der Waals surface area (Å²) >= 11 is 6.03. The van der Waals surface area contributed by atoms with E-state index in [1.807, 2.05) is 30.0 Å². The largest absolute Gasteiger partial charge is 0.358 e. The minimum Gasteiger partial charge on any atom is -0.358 e. The van der Waals surface area contributed by atoms with Gasteiger partial charge in [-0.05, 0) is 44.0 Å². The topological polar surface area (TPSA) is 48.1 Å². The summed E-state index contributed by atoms with van der Waals surface area (Å²) in [4.78, 5) is 17.2. The van der Waals surface area contributed by atoms with Crippen molar-refractivity contribution in [2.24, 2.45) is 0 Å². The predicted octanol–water partition coefficient (Wildman–Crippen LogP) is 3.73. The molecule has 1 aromatic heterocycles. The van der Waals surface area contributed by atoms with Crippen molar-refractivity contribution in [2.45, 2.75) is 25.7 Å². The Morgan fingerprint density at radius 2 is 2.14 bits per heavy atom. The highest BCUT2D eigenvalue weighted by Gasteiger charge is 2.24. The quantitative estimate of drug-likeness (QED) is 0.872. The number of fused-ring (bicyclic) bond motifs is 1. The van der Waals surface area contributed by atoms with E-state index in [1.54, 1.807) is 0 Å². The number of carbonyl (C=O) groups excluding carboxylic acids is 1. The maximum atomic E-state index is 11.8. The zero-order valence-corrected chi connectivity index (χ0v) is 12.9. The molecule has 2 heterocycles. The molecule has 0 radical (unpaired) electrons. The molecule has 1 aliphatic rings. The van der Waals surface area contributed by atoms with E-state index in [0.29, 0.717) is 12.5 Å². The predicted molar refractivity (Wildman–Crippen MR) is 85.9 cm³/mol. The van der Waals surface area contributed by atoms with Crippen LogP contribution in [0.15, 0.2) is 24.3 Å². The van der Waals surface area contributed by atoms with Gasteiger partial charge >= 0.3 is 6.03 Å². The van der Waals surface area contributed by atoms with Crippen molar-refractivity contribution >= 4 is 28.5 Å². The number of carbonyl (C=O) groups is 1. The number of nitrogens with one attached hydrogen (secondary N) is 2. The van der Waals surface area contributed by atoms with E-state index in [1.165, 1.54) is 5.69 Å². The fourth-order valence-electron chi connectivity index (χ4n) is 3.00. The van der Waals surface area contributed by atoms with Gasteiger partial charge in [-0.3, -0.25) is 0 Å². The first-order valence-corrected chi connectivity index (χ1v) is 7.86. The van der Waals surface area contributed by atoms with E-state index in [2.05, 4.69) is 16.4 Å². The summed E-state index contributed by atoms with van der Waals surface area (Å²) in [6.45, 7) is 4.25. The van der Waals surface area contributed by atoms with Gasteiger partial charge in [0.2, 0.25) is 0 Å². The number of piperidine rings is 1. The fourth-order valence-corrected chi connectivity index (χ4v) is 3.18. The van der Waals surface area contributed by atoms with Gasteiger partial charge in [-0.15, -0.1) is 0 Å². The minimum atomic E-state index is 0.0550. The number of urea groups is 1. The summed E-state index contributed by atoms with van der Waals surface area (Å²) in [7, 11) is 0. The molecule has 0 unspecified atom stereocenters. The highest BCUT2D eigenvalue weighted by molar-refractivity contribution is 6.31. The van der Waals surface area contributed by atoms with Crippen LogP contribution in [-0.2, 0) is 0 Å². The van der Waals surface area contributed by atoms with Crippen LogP contribution >= 0.6 is 11.6 Å². The molecule has 5 heteroatoms. The number of hydrogen-bond acceptors (Lipinski definition) is 1. The zero-order chi connectivity index (χ0) is 14.8. The SMILES string of the molecule is CCNC(=O)N1CCC(c2cc3cc(Cl)ccc3[nH]2)CC1. The Labute approximate surface area is 129 Å². The fraction of sp³-hybridized carbons (Fsp3) is 0.438. The number of amides is 2. The van der Waals surface area contributed by atoms with Crippen LogP contribution < -0.4 is 5.32 Å². The number of H-pyrrole nitrogens is 1. The van der Waals surface area contributed by atoms with Gasteiger partial charge < -0.3 is 15.2 Å². The second-order valence-electron chi connectivity index (χ2n) is 5.55. The molecule has 3 rings (SSSR count). The molecule has 112 valence electrons. The van der Waals surface area contributed by atoms with Crippen LogP contribution in [0.3, 0.4) is 0 Å². The van der Waals surface area contributed by atoms with Crippen molar-refractivity contribution < 1.29 is 4.79 Å². The molecule has 0 spiro atoms. The molecule has 2 aromatic rings. The van der Waals surface area contributed by atoms with Crippen molar-refractivity contribution in [3.8, 4) is 0 Å². The lowest BCUT2D eigenvalue weighted by atomic mass is 9.94. The first kappa shape index (κ1) is 14.3. The number of halogens is 1. The molecule has 0 saturated carbocycles. The van der Waals surface area contributed by atoms with Crippen LogP contribution in [-0.4, -0.2) is 35.5 Å². The van der Waals surface area contributed by atoms with Crippen molar-refractivity contribution in [1.82, 2.24) is 15.2 Å². The molecule has 0 aliphatic carbocycles. The molecule has 2 N–H and O–H groups in total. The lowest BCUT2D eigenvalue weighted by molar-refractivity contribution is 0.181. The third-order valence-corrected chi connectivity index (χ3v) is 4.39. The molecular formula is C16H20ClN3O. The molecular weight excluding hydrogens is 286 g/mol. The molecule has 0 bridgehead atoms. The van der Waals surface area contributed by atoms with Crippen molar-refractivity contribution in [3.63, 3.8) is 0 Å². The van der Waals surface area contributed by atoms with Gasteiger partial charge in [0, 0.05) is 47.2 Å². The Balaban J connectivity index is 1.69. The first-order valence-electron chi connectivity index (χ1n) is 7.48. The number of rotatable bonds is 2. The second-order valence-corrected chi connectivity index (χ2v) is 5.99. The Morgan fingerprint density at radius 3 is 2.86 bits per heavy atom. The van der Waals surface area contributed by atoms with E-state index in [-0.39, 0.29) is 6.03 Å². The number of benzene rings is 1. The standard InChI is InChI=1S/C16H20ClN3O/c1-2-18-16(21)20-7-5-11(6-8-20)15-10-12-9-13(17)3-4-14(12)19-15/h3-4,9-11,19H,2,5-8H2,1H3,(H,18,21). The number of nitrogens with zero attached hydrogens (tertiary/aromatic N) is 1. The lowest BCUT2D eigenvalue weighted by Crippen LogP contribution is -2.44. The normalized spacial score (nSPS) is 16.4. The summed E-state index contributed by atoms with van der Waals surface area (Å²) in [5.41, 5.74) is 2.38. The highest BCUT2D eigenvalue weighted by Crippen LogP contribution is 2.30. The van der Waals surface area contributed by atoms with Gasteiger partial charge in [0.25, 0.3) is 0 Å². The number of aromatic nitrogens is 1. The van der Waals surface area contributed by atoms with Crippen LogP contribution in [0, 0.1) is 0 Å². The third kappa shape index (κ3) is 3.00. The van der Waals surface area contributed by atoms with Gasteiger partial charge in [0.05, 0.1) is 0 Å². The second kappa shape index (κ2) is 5.98. The van der Waals surface area contributed by atoms with Gasteiger partial charge in [0.1, 0.15) is 0 Å². The average Bonchev–Trinajstić information content (AvgIpc) is 2.90. The highest BCUT2D eigenvalue weighted by atomic mass is 35.5. The van der Waals surface area contributed by atoms with Crippen LogP contribution in [0.5, 0.6) is 0 Å². The smallest absolute Gasteiger partial charge is 0.317 e. The molecule has 21 heavy (non-hydrogen) atoms. The average molecular weight is 306 g/mol. The molecule has 1 fully saturated rings. The summed E-state index contributed by atoms with van der Waals surface area (Å²) in [6.07, 6.45) is 2.00. The van der Waals surface area contributed by atoms with E-state index >= 15 is 0 Å². The van der Waals surface area contributed by atoms with Crippen molar-refractivity contribution in [3.05, 3.63) is 35.0 Å². The van der Waals surface area contributed by atoms with Gasteiger partial charge in [-0.2, -0.15) is 0 Å². The van der Waals surface area contributed by atoms with E-state index in [4.69, 9.17) is 11.6 Å². The lowest BCUT2D eigenvalue weighted by Gasteiger charge is -2.31. The van der Waals surface area contributed by atoms with Crippen molar-refractivity contribution in [1.29, 1.82) is 0 Å². The molecule has 2 amide bonds. The maximum absolute atomic E-state index is 11.8. The summed E-state index contributed by atoms with van der Waals surface area (Å²) < 4.78 is 0. The minimum absolute atomic E-state index is 0.0550. The Hall–Kier alpha value is -1.68. The molecule has 4 nitrogen and oxygen atoms in total. The number of hydrogen-bond donors (Lipinski definition) is 2. The molecule has 1 aromatic carbocycles. The maximum Gasteiger partial charge on any atom is 0.317 e. The summed E-state index contributed by atoms with van der Waals surface area (Å²) in [5.74, 6) is 0.488. The Morgan fingerprint density at radius 1 is 1.38 bits per heavy atom. The molecule has 1 saturated heterocycles. The van der Waals surface area contributed by atoms with Crippen LogP contribution in [0.1, 0.15) is 31.4 Å². The molecule has 0 atom stereocenters. The van der Waals surface area contributed by atoms with E-state index < -0.39 is 0 Å². The van der Waals surface area contributed by atoms with Crippen molar-refractivity contribution in [2.75, 3.05) is 19.6 Å².